The van der Waals surface area contributed by atoms with Crippen LogP contribution in [0.15, 0.2) is 73.6 Å². The molecule has 1 atom stereocenters. The number of hydrogen-bond donors (Lipinski definition) is 8. The molecular formula is C75H104N18O9. The van der Waals surface area contributed by atoms with Gasteiger partial charge in [0.1, 0.15) is 39.6 Å². The highest BCUT2D eigenvalue weighted by atomic mass is 16.6. The van der Waals surface area contributed by atoms with Crippen molar-refractivity contribution in [1.29, 1.82) is 0 Å². The van der Waals surface area contributed by atoms with Gasteiger partial charge in [-0.25, -0.2) is 29.0 Å². The van der Waals surface area contributed by atoms with E-state index in [9.17, 15) is 24.0 Å². The number of carbonyl (C=O) groups is 5. The molecule has 0 radical (unpaired) electrons. The summed E-state index contributed by atoms with van der Waals surface area (Å²) in [5, 5.41) is 27.3. The molecule has 4 aliphatic rings. The van der Waals surface area contributed by atoms with Crippen molar-refractivity contribution in [2.24, 2.45) is 5.73 Å². The zero-order chi connectivity index (χ0) is 73.0. The summed E-state index contributed by atoms with van der Waals surface area (Å²) in [5.74, 6) is 0.631. The summed E-state index contributed by atoms with van der Waals surface area (Å²) in [4.78, 5) is 92.8. The van der Waals surface area contributed by atoms with Gasteiger partial charge in [0.15, 0.2) is 17.9 Å². The van der Waals surface area contributed by atoms with E-state index in [1.807, 2.05) is 112 Å². The molecule has 548 valence electrons. The second-order valence-electron chi connectivity index (χ2n) is 29.7. The van der Waals surface area contributed by atoms with Gasteiger partial charge >= 0.3 is 18.3 Å². The van der Waals surface area contributed by atoms with E-state index in [0.29, 0.717) is 80.1 Å². The normalized spacial score (nSPS) is 16.5. The maximum absolute atomic E-state index is 13.4. The summed E-state index contributed by atoms with van der Waals surface area (Å²) in [6.45, 7) is 32.5. The molecule has 4 fully saturated rings. The smallest absolute Gasteiger partial charge is 0.410 e. The quantitative estimate of drug-likeness (QED) is 0.0442. The second kappa shape index (κ2) is 33.2. The standard InChI is InChI=1S/C40H54N8O6.C25H30N8O.C10H20N2O2/c1-9-46(37(50)53-39(3,4)5)24-27-21-41-22-30(25(27)2)26-13-14-32-29(20-26)34(45-48(32)33-12-10-11-19-52-33)35-42-23-31(44-35)36(49)43-28-15-17-47(18-16-28)38(51)54-40(6,7)8;1-3-26-11-17-12-28-13-20(15(17)2)16-4-5-21-19(10-16)23(33-32-21)24-29-14-22(31-24)25(34)30-18-6-8-27-9-7-18;1-10(2,3)14-9(13)12-6-4-8(11)5-7-12/h13-14,20-23,28,33H,9-12,15-19,24H2,1-8H3,(H,42,44)(H,43,49);4-5,10,12-14,18,26-27H,3,6-9,11H2,1-2H3,(H,29,31)(H,30,34)(H,32,33);8H,4-7,11H2,1-3H3. The molecule has 10 heterocycles. The van der Waals surface area contributed by atoms with Crippen molar-refractivity contribution in [1.82, 2.24) is 85.8 Å². The van der Waals surface area contributed by atoms with Gasteiger partial charge in [-0.2, -0.15) is 10.2 Å². The molecule has 0 saturated carbocycles. The predicted octanol–water partition coefficient (Wildman–Crippen LogP) is 11.6. The minimum atomic E-state index is -0.596. The first-order valence-corrected chi connectivity index (χ1v) is 35.9. The van der Waals surface area contributed by atoms with E-state index < -0.39 is 16.8 Å². The number of aromatic amines is 3. The van der Waals surface area contributed by atoms with Crippen LogP contribution in [0.2, 0.25) is 0 Å². The maximum Gasteiger partial charge on any atom is 0.410 e. The lowest BCUT2D eigenvalue weighted by molar-refractivity contribution is -0.0365. The molecule has 8 aromatic rings. The van der Waals surface area contributed by atoms with Crippen LogP contribution in [0, 0.1) is 13.8 Å². The number of nitrogens with one attached hydrogen (secondary N) is 7. The first-order valence-electron chi connectivity index (χ1n) is 35.9. The fourth-order valence-corrected chi connectivity index (χ4v) is 12.7. The Hall–Kier alpha value is -9.31. The number of fused-ring (bicyclic) bond motifs is 2. The molecule has 0 bridgehead atoms. The largest absolute Gasteiger partial charge is 0.444 e. The molecule has 0 aliphatic carbocycles. The molecule has 1 unspecified atom stereocenters. The Balaban J connectivity index is 0.000000196. The molecule has 102 heavy (non-hydrogen) atoms. The van der Waals surface area contributed by atoms with Crippen molar-refractivity contribution in [2.75, 3.05) is 59.0 Å². The SMILES string of the molecule is CC(C)(C)OC(=O)N1CCC(N)CC1.CCN(Cc1cncc(-c2ccc3c(c2)c(-c2ncc(C(=O)NC4CCN(C(=O)OC(C)(C)C)CC4)[nH]2)nn3C2CCCCO2)c1C)C(=O)OC(C)(C)C.CCNCc1cncc(-c2ccc3[nH]nc(-c4ncc(C(=O)NC5CCNCC5)[nH]4)c3c2)c1C. The molecule has 4 aliphatic heterocycles. The maximum atomic E-state index is 13.4. The number of nitrogens with zero attached hydrogens (tertiary/aromatic N) is 10. The molecule has 12 rings (SSSR count). The number of piperidine rings is 3. The molecule has 27 nitrogen and oxygen atoms in total. The van der Waals surface area contributed by atoms with Gasteiger partial charge in [-0.1, -0.05) is 19.1 Å². The van der Waals surface area contributed by atoms with Gasteiger partial charge in [0.25, 0.3) is 11.8 Å². The summed E-state index contributed by atoms with van der Waals surface area (Å²) in [6.07, 6.45) is 17.2. The number of ether oxygens (including phenoxy) is 4. The van der Waals surface area contributed by atoms with Crippen LogP contribution in [-0.2, 0) is 32.0 Å². The number of H-pyrrole nitrogens is 3. The van der Waals surface area contributed by atoms with Crippen LogP contribution in [0.5, 0.6) is 0 Å². The van der Waals surface area contributed by atoms with E-state index in [-0.39, 0.29) is 54.4 Å². The lowest BCUT2D eigenvalue weighted by atomic mass is 9.97. The molecule has 2 aromatic carbocycles. The van der Waals surface area contributed by atoms with Crippen LogP contribution in [-0.4, -0.2) is 189 Å². The number of imidazole rings is 2. The highest BCUT2D eigenvalue weighted by molar-refractivity contribution is 5.98. The van der Waals surface area contributed by atoms with Crippen molar-refractivity contribution >= 4 is 51.9 Å². The van der Waals surface area contributed by atoms with E-state index >= 15 is 0 Å². The molecule has 5 amide bonds. The monoisotopic (exact) mass is 1400 g/mol. The Bertz CT molecular complexity index is 4180. The third-order valence-corrected chi connectivity index (χ3v) is 18.4. The molecule has 4 saturated heterocycles. The van der Waals surface area contributed by atoms with Crippen molar-refractivity contribution < 1.29 is 42.9 Å². The Kier molecular flexibility index (Phi) is 24.5. The average Bonchev–Trinajstić information content (AvgIpc) is 1.60. The number of carbonyl (C=O) groups excluding carboxylic acids is 5. The van der Waals surface area contributed by atoms with Gasteiger partial charge in [-0.05, 0) is 218 Å². The predicted molar refractivity (Wildman–Crippen MR) is 392 cm³/mol. The van der Waals surface area contributed by atoms with Gasteiger partial charge in [0.05, 0.1) is 30.0 Å². The summed E-state index contributed by atoms with van der Waals surface area (Å²) in [5.41, 5.74) is 16.4. The summed E-state index contributed by atoms with van der Waals surface area (Å²) in [6, 6.07) is 12.7. The van der Waals surface area contributed by atoms with Crippen molar-refractivity contribution in [3.63, 3.8) is 0 Å². The van der Waals surface area contributed by atoms with E-state index in [1.165, 1.54) is 17.3 Å². The van der Waals surface area contributed by atoms with Crippen LogP contribution in [0.4, 0.5) is 14.4 Å². The van der Waals surface area contributed by atoms with Crippen molar-refractivity contribution in [3.8, 4) is 45.3 Å². The van der Waals surface area contributed by atoms with Gasteiger partial charge in [-0.15, -0.1) is 0 Å². The zero-order valence-corrected chi connectivity index (χ0v) is 61.6. The third-order valence-electron chi connectivity index (χ3n) is 18.4. The molecule has 27 heteroatoms. The van der Waals surface area contributed by atoms with Gasteiger partial charge in [0.2, 0.25) is 0 Å². The molecular weight excluding hydrogens is 1300 g/mol. The van der Waals surface area contributed by atoms with Gasteiger partial charge < -0.3 is 70.6 Å². The zero-order valence-electron chi connectivity index (χ0n) is 61.6. The number of hydrogen-bond acceptors (Lipinski definition) is 18. The second-order valence-corrected chi connectivity index (χ2v) is 29.7. The number of nitrogens with two attached hydrogens (primary N) is 1. The third kappa shape index (κ3) is 19.6. The van der Waals surface area contributed by atoms with E-state index in [1.54, 1.807) is 27.1 Å². The van der Waals surface area contributed by atoms with E-state index in [2.05, 4.69) is 99.5 Å². The van der Waals surface area contributed by atoms with Crippen LogP contribution in [0.3, 0.4) is 0 Å². The fourth-order valence-electron chi connectivity index (χ4n) is 12.7. The summed E-state index contributed by atoms with van der Waals surface area (Å²) >= 11 is 0. The Morgan fingerprint density at radius 3 is 1.74 bits per heavy atom. The lowest BCUT2D eigenvalue weighted by Gasteiger charge is -2.33. The van der Waals surface area contributed by atoms with Gasteiger partial charge in [0, 0.05) is 111 Å². The van der Waals surface area contributed by atoms with Crippen LogP contribution in [0.1, 0.15) is 183 Å². The Morgan fingerprint density at radius 1 is 0.637 bits per heavy atom. The topological polar surface area (TPSA) is 336 Å². The minimum absolute atomic E-state index is 0.0878. The number of rotatable bonds is 15. The van der Waals surface area contributed by atoms with Crippen LogP contribution < -0.4 is 27.0 Å². The first kappa shape index (κ1) is 75.4. The van der Waals surface area contributed by atoms with E-state index in [0.717, 1.165) is 139 Å². The van der Waals surface area contributed by atoms with Gasteiger partial charge in [-0.3, -0.25) is 24.7 Å². The molecule has 9 N–H and O–H groups in total. The van der Waals surface area contributed by atoms with E-state index in [4.69, 9.17) is 29.8 Å². The number of benzene rings is 2. The number of aromatic nitrogens is 10. The van der Waals surface area contributed by atoms with Crippen LogP contribution >= 0.6 is 0 Å². The number of amides is 5. The lowest BCUT2D eigenvalue weighted by Crippen LogP contribution is -2.47. The van der Waals surface area contributed by atoms with Crippen molar-refractivity contribution in [3.05, 3.63) is 107 Å². The highest BCUT2D eigenvalue weighted by Gasteiger charge is 2.31. The minimum Gasteiger partial charge on any atom is -0.444 e. The van der Waals surface area contributed by atoms with Crippen LogP contribution in [0.25, 0.3) is 67.1 Å². The number of likely N-dealkylation sites (tertiary alicyclic amines) is 2. The molecule has 6 aromatic heterocycles. The molecule has 0 spiro atoms. The van der Waals surface area contributed by atoms with Crippen molar-refractivity contribution in [2.45, 2.75) is 202 Å². The first-order chi connectivity index (χ1) is 48.6. The average molecular weight is 1400 g/mol. The summed E-state index contributed by atoms with van der Waals surface area (Å²) < 4.78 is 24.5. The Labute approximate surface area is 597 Å². The Morgan fingerprint density at radius 2 is 1.18 bits per heavy atom. The fraction of sp³-hybridized carbons (Fsp3) is 0.533. The number of pyridine rings is 2. The highest BCUT2D eigenvalue weighted by Crippen LogP contribution is 2.37. The summed E-state index contributed by atoms with van der Waals surface area (Å²) in [7, 11) is 0.